The van der Waals surface area contributed by atoms with Gasteiger partial charge in [-0.15, -0.1) is 0 Å². The molecule has 2 atom stereocenters. The number of rotatable bonds is 36. The molecule has 0 aromatic carbocycles. The first kappa shape index (κ1) is 42.8. The van der Waals surface area contributed by atoms with Crippen molar-refractivity contribution in [3.63, 3.8) is 0 Å². The van der Waals surface area contributed by atoms with E-state index in [9.17, 15) is 10.2 Å². The summed E-state index contributed by atoms with van der Waals surface area (Å²) in [4.78, 5) is 4.93. The minimum Gasteiger partial charge on any atom is -0.389 e. The van der Waals surface area contributed by atoms with Gasteiger partial charge >= 0.3 is 0 Å². The average Bonchev–Trinajstić information content (AvgIpc) is 2.99. The normalized spacial score (nSPS) is 13.4. The smallest absolute Gasteiger partial charge is 0.0900 e. The van der Waals surface area contributed by atoms with Crippen molar-refractivity contribution < 1.29 is 14.9 Å². The molecule has 5 heteroatoms. The Morgan fingerprint density at radius 3 is 0.860 bits per heavy atom. The molecule has 260 valence electrons. The Balaban J connectivity index is 4.49. The maximum atomic E-state index is 10.8. The molecule has 0 fully saturated rings. The second kappa shape index (κ2) is 34.7. The number of aliphatic hydroxyl groups excluding tert-OH is 2. The molecule has 0 amide bonds. The second-order valence-corrected chi connectivity index (χ2v) is 13.5. The van der Waals surface area contributed by atoms with Gasteiger partial charge in [-0.3, -0.25) is 0 Å². The highest BCUT2D eigenvalue weighted by molar-refractivity contribution is 4.68. The van der Waals surface area contributed by atoms with Crippen LogP contribution in [0, 0.1) is 0 Å². The van der Waals surface area contributed by atoms with Gasteiger partial charge in [-0.1, -0.05) is 156 Å². The third kappa shape index (κ3) is 31.6. The Hall–Kier alpha value is -0.200. The maximum absolute atomic E-state index is 10.8. The molecule has 0 bridgehead atoms. The Bertz CT molecular complexity index is 445. The van der Waals surface area contributed by atoms with E-state index in [1.807, 2.05) is 0 Å². The molecule has 0 saturated carbocycles. The number of ether oxygens (including phenoxy) is 1. The number of nitrogens with zero attached hydrogens (tertiary/aromatic N) is 2. The largest absolute Gasteiger partial charge is 0.389 e. The summed E-state index contributed by atoms with van der Waals surface area (Å²) >= 11 is 0. The van der Waals surface area contributed by atoms with Crippen LogP contribution in [0.2, 0.25) is 0 Å². The van der Waals surface area contributed by atoms with Crippen molar-refractivity contribution in [2.45, 2.75) is 194 Å². The standard InChI is InChI=1S/C38H80N2O3/c1-5-9-13-17-21-25-29-39(30-26-22-18-14-10-6-2)33-37(41)35-43-36-38(42)34-40(31-27-23-19-15-11-7-3)32-28-24-20-16-12-8-4/h37-38,41-42H,5-36H2,1-4H3. The molecular weight excluding hydrogens is 532 g/mol. The first-order valence-electron chi connectivity index (χ1n) is 19.5. The van der Waals surface area contributed by atoms with Crippen molar-refractivity contribution in [1.29, 1.82) is 0 Å². The van der Waals surface area contributed by atoms with E-state index in [0.717, 1.165) is 26.2 Å². The zero-order valence-corrected chi connectivity index (χ0v) is 30.0. The van der Waals surface area contributed by atoms with Crippen molar-refractivity contribution in [3.05, 3.63) is 0 Å². The molecule has 0 saturated heterocycles. The van der Waals surface area contributed by atoms with E-state index in [0.29, 0.717) is 26.3 Å². The lowest BCUT2D eigenvalue weighted by atomic mass is 10.1. The van der Waals surface area contributed by atoms with E-state index in [1.165, 1.54) is 154 Å². The van der Waals surface area contributed by atoms with Crippen LogP contribution < -0.4 is 0 Å². The third-order valence-electron chi connectivity index (χ3n) is 8.87. The maximum Gasteiger partial charge on any atom is 0.0900 e. The van der Waals surface area contributed by atoms with Crippen LogP contribution in [0.1, 0.15) is 182 Å². The summed E-state index contributed by atoms with van der Waals surface area (Å²) in [5.41, 5.74) is 0. The van der Waals surface area contributed by atoms with Crippen molar-refractivity contribution in [2.75, 3.05) is 52.5 Å². The molecule has 0 aromatic heterocycles. The summed E-state index contributed by atoms with van der Waals surface area (Å²) in [7, 11) is 0. The van der Waals surface area contributed by atoms with Crippen molar-refractivity contribution in [3.8, 4) is 0 Å². The van der Waals surface area contributed by atoms with E-state index in [4.69, 9.17) is 4.74 Å². The molecule has 0 aliphatic rings. The van der Waals surface area contributed by atoms with Gasteiger partial charge in [0.15, 0.2) is 0 Å². The zero-order valence-electron chi connectivity index (χ0n) is 30.0. The van der Waals surface area contributed by atoms with Crippen molar-refractivity contribution in [2.24, 2.45) is 0 Å². The molecule has 0 rings (SSSR count). The summed E-state index contributed by atoms with van der Waals surface area (Å²) in [6.07, 6.45) is 30.3. The molecule has 0 aliphatic carbocycles. The van der Waals surface area contributed by atoms with Gasteiger partial charge in [-0.05, 0) is 51.9 Å². The summed E-state index contributed by atoms with van der Waals surface area (Å²) in [5, 5.41) is 21.6. The SMILES string of the molecule is CCCCCCCCN(CCCCCCCC)CC(O)COCC(O)CN(CCCCCCCC)CCCCCCCC. The van der Waals surface area contributed by atoms with Crippen LogP contribution in [0.15, 0.2) is 0 Å². The van der Waals surface area contributed by atoms with Crippen LogP contribution >= 0.6 is 0 Å². The van der Waals surface area contributed by atoms with Gasteiger partial charge in [0, 0.05) is 13.1 Å². The molecule has 43 heavy (non-hydrogen) atoms. The van der Waals surface area contributed by atoms with E-state index < -0.39 is 12.2 Å². The van der Waals surface area contributed by atoms with Gasteiger partial charge in [-0.2, -0.15) is 0 Å². The first-order valence-corrected chi connectivity index (χ1v) is 19.5. The van der Waals surface area contributed by atoms with Crippen molar-refractivity contribution >= 4 is 0 Å². The average molecular weight is 613 g/mol. The Morgan fingerprint density at radius 1 is 0.372 bits per heavy atom. The predicted octanol–water partition coefficient (Wildman–Crippen LogP) is 9.77. The molecule has 0 aliphatic heterocycles. The molecule has 2 unspecified atom stereocenters. The third-order valence-corrected chi connectivity index (χ3v) is 8.87. The first-order chi connectivity index (χ1) is 21.1. The zero-order chi connectivity index (χ0) is 31.6. The minimum atomic E-state index is -0.491. The molecule has 0 heterocycles. The summed E-state index contributed by atoms with van der Waals surface area (Å²) in [6.45, 7) is 15.4. The molecule has 0 spiro atoms. The number of hydrogen-bond donors (Lipinski definition) is 2. The second-order valence-electron chi connectivity index (χ2n) is 13.5. The predicted molar refractivity (Wildman–Crippen MR) is 189 cm³/mol. The molecular formula is C38H80N2O3. The quantitative estimate of drug-likeness (QED) is 0.0690. The highest BCUT2D eigenvalue weighted by Gasteiger charge is 2.15. The molecule has 0 radical (unpaired) electrons. The van der Waals surface area contributed by atoms with Crippen LogP contribution in [-0.4, -0.2) is 84.7 Å². The van der Waals surface area contributed by atoms with Gasteiger partial charge in [0.25, 0.3) is 0 Å². The highest BCUT2D eigenvalue weighted by atomic mass is 16.5. The van der Waals surface area contributed by atoms with Gasteiger partial charge in [0.1, 0.15) is 0 Å². The molecule has 2 N–H and O–H groups in total. The van der Waals surface area contributed by atoms with Gasteiger partial charge in [0.2, 0.25) is 0 Å². The Labute approximate surface area is 270 Å². The Kier molecular flexibility index (Phi) is 34.5. The lowest BCUT2D eigenvalue weighted by Gasteiger charge is -2.27. The van der Waals surface area contributed by atoms with Crippen LogP contribution in [0.5, 0.6) is 0 Å². The lowest BCUT2D eigenvalue weighted by molar-refractivity contribution is -0.0262. The fourth-order valence-corrected chi connectivity index (χ4v) is 6.09. The fourth-order valence-electron chi connectivity index (χ4n) is 6.09. The van der Waals surface area contributed by atoms with Gasteiger partial charge < -0.3 is 24.7 Å². The minimum absolute atomic E-state index is 0.315. The van der Waals surface area contributed by atoms with E-state index >= 15 is 0 Å². The summed E-state index contributed by atoms with van der Waals surface area (Å²) in [6, 6.07) is 0. The number of aliphatic hydroxyl groups is 2. The van der Waals surface area contributed by atoms with Crippen LogP contribution in [0.3, 0.4) is 0 Å². The number of hydrogen-bond acceptors (Lipinski definition) is 5. The summed E-state index contributed by atoms with van der Waals surface area (Å²) < 4.78 is 5.89. The molecule has 0 aromatic rings. The van der Waals surface area contributed by atoms with E-state index in [2.05, 4.69) is 37.5 Å². The monoisotopic (exact) mass is 613 g/mol. The van der Waals surface area contributed by atoms with Gasteiger partial charge in [-0.25, -0.2) is 0 Å². The highest BCUT2D eigenvalue weighted by Crippen LogP contribution is 2.12. The topological polar surface area (TPSA) is 56.2 Å². The summed E-state index contributed by atoms with van der Waals surface area (Å²) in [5.74, 6) is 0. The molecule has 5 nitrogen and oxygen atoms in total. The van der Waals surface area contributed by atoms with Crippen LogP contribution in [0.25, 0.3) is 0 Å². The van der Waals surface area contributed by atoms with Crippen LogP contribution in [0.4, 0.5) is 0 Å². The fraction of sp³-hybridized carbons (Fsp3) is 1.00. The lowest BCUT2D eigenvalue weighted by Crippen LogP contribution is -2.39. The number of unbranched alkanes of at least 4 members (excludes halogenated alkanes) is 20. The van der Waals surface area contributed by atoms with Crippen LogP contribution in [-0.2, 0) is 4.74 Å². The van der Waals surface area contributed by atoms with Crippen molar-refractivity contribution in [1.82, 2.24) is 9.80 Å². The Morgan fingerprint density at radius 2 is 0.605 bits per heavy atom. The van der Waals surface area contributed by atoms with E-state index in [-0.39, 0.29) is 0 Å². The van der Waals surface area contributed by atoms with E-state index in [1.54, 1.807) is 0 Å². The van der Waals surface area contributed by atoms with Gasteiger partial charge in [0.05, 0.1) is 25.4 Å².